The number of ketones is 1. The minimum Gasteiger partial charge on any atom is -0.299 e. The van der Waals surface area contributed by atoms with E-state index in [4.69, 9.17) is 0 Å². The van der Waals surface area contributed by atoms with Gasteiger partial charge in [0, 0.05) is 29.7 Å². The molecule has 0 saturated carbocycles. The average molecular weight is 326 g/mol. The zero-order valence-electron chi connectivity index (χ0n) is 9.87. The fourth-order valence-electron chi connectivity index (χ4n) is 1.74. The van der Waals surface area contributed by atoms with Gasteiger partial charge < -0.3 is 0 Å². The van der Waals surface area contributed by atoms with E-state index in [1.54, 1.807) is 18.5 Å². The third-order valence-electron chi connectivity index (χ3n) is 2.58. The van der Waals surface area contributed by atoms with Gasteiger partial charge in [-0.1, -0.05) is 12.1 Å². The number of pyridine rings is 1. The predicted molar refractivity (Wildman–Crippen MR) is 70.7 cm³/mol. The molecule has 0 atom stereocenters. The Morgan fingerprint density at radius 3 is 2.74 bits per heavy atom. The second-order valence-electron chi connectivity index (χ2n) is 4.12. The number of nitrogens with zero attached hydrogens (tertiary/aromatic N) is 1. The molecule has 0 fully saturated rings. The van der Waals surface area contributed by atoms with Crippen molar-refractivity contribution in [2.24, 2.45) is 0 Å². The molecule has 1 heterocycles. The van der Waals surface area contributed by atoms with Crippen LogP contribution in [-0.4, -0.2) is 10.8 Å². The van der Waals surface area contributed by atoms with E-state index >= 15 is 0 Å². The van der Waals surface area contributed by atoms with Crippen LogP contribution < -0.4 is 0 Å². The summed E-state index contributed by atoms with van der Waals surface area (Å²) in [4.78, 5) is 15.8. The normalized spacial score (nSPS) is 10.5. The first-order valence-electron chi connectivity index (χ1n) is 5.60. The standard InChI is InChI=1S/C14H10BrF2NO/c15-11-4-9(7-18-8-11)5-12(19)6-10-2-1-3-13(16)14(10)17/h1-4,7-8H,5-6H2. The lowest BCUT2D eigenvalue weighted by Crippen LogP contribution is -2.09. The molecule has 19 heavy (non-hydrogen) atoms. The summed E-state index contributed by atoms with van der Waals surface area (Å²) in [5, 5.41) is 0. The highest BCUT2D eigenvalue weighted by Gasteiger charge is 2.12. The highest BCUT2D eigenvalue weighted by Crippen LogP contribution is 2.14. The maximum Gasteiger partial charge on any atom is 0.162 e. The van der Waals surface area contributed by atoms with Crippen LogP contribution in [0.15, 0.2) is 41.1 Å². The molecule has 0 radical (unpaired) electrons. The summed E-state index contributed by atoms with van der Waals surface area (Å²) in [7, 11) is 0. The van der Waals surface area contributed by atoms with E-state index in [1.807, 2.05) is 0 Å². The van der Waals surface area contributed by atoms with Crippen molar-refractivity contribution in [1.29, 1.82) is 0 Å². The van der Waals surface area contributed by atoms with Crippen molar-refractivity contribution in [2.75, 3.05) is 0 Å². The van der Waals surface area contributed by atoms with Crippen LogP contribution in [0.2, 0.25) is 0 Å². The van der Waals surface area contributed by atoms with Gasteiger partial charge in [0.05, 0.1) is 0 Å². The van der Waals surface area contributed by atoms with Gasteiger partial charge in [0.15, 0.2) is 11.6 Å². The molecule has 98 valence electrons. The molecule has 1 aromatic carbocycles. The van der Waals surface area contributed by atoms with Crippen molar-refractivity contribution in [3.63, 3.8) is 0 Å². The van der Waals surface area contributed by atoms with Crippen LogP contribution in [0, 0.1) is 11.6 Å². The van der Waals surface area contributed by atoms with E-state index in [2.05, 4.69) is 20.9 Å². The summed E-state index contributed by atoms with van der Waals surface area (Å²) in [5.74, 6) is -2.08. The molecule has 5 heteroatoms. The summed E-state index contributed by atoms with van der Waals surface area (Å²) >= 11 is 3.26. The molecule has 0 bridgehead atoms. The minimum absolute atomic E-state index is 0.0768. The number of Topliss-reactive ketones (excluding diaryl/α,β-unsaturated/α-hetero) is 1. The molecule has 0 aliphatic rings. The molecule has 0 aliphatic heterocycles. The first kappa shape index (κ1) is 13.8. The summed E-state index contributed by atoms with van der Waals surface area (Å²) in [6.45, 7) is 0. The van der Waals surface area contributed by atoms with Gasteiger partial charge in [0.25, 0.3) is 0 Å². The average Bonchev–Trinajstić information content (AvgIpc) is 2.35. The summed E-state index contributed by atoms with van der Waals surface area (Å²) in [6.07, 6.45) is 3.20. The van der Waals surface area contributed by atoms with E-state index in [0.717, 1.165) is 16.1 Å². The van der Waals surface area contributed by atoms with Crippen LogP contribution >= 0.6 is 15.9 Å². The first-order valence-corrected chi connectivity index (χ1v) is 6.39. The van der Waals surface area contributed by atoms with Crippen molar-refractivity contribution in [3.05, 3.63) is 63.9 Å². The maximum atomic E-state index is 13.4. The lowest BCUT2D eigenvalue weighted by Gasteiger charge is -2.04. The fraction of sp³-hybridized carbons (Fsp3) is 0.143. The monoisotopic (exact) mass is 325 g/mol. The number of hydrogen-bond acceptors (Lipinski definition) is 2. The highest BCUT2D eigenvalue weighted by atomic mass is 79.9. The van der Waals surface area contributed by atoms with Crippen LogP contribution in [0.4, 0.5) is 8.78 Å². The third-order valence-corrected chi connectivity index (χ3v) is 3.02. The zero-order chi connectivity index (χ0) is 13.8. The largest absolute Gasteiger partial charge is 0.299 e. The molecular formula is C14H10BrF2NO. The maximum absolute atomic E-state index is 13.4. The summed E-state index contributed by atoms with van der Waals surface area (Å²) < 4.78 is 27.2. The number of rotatable bonds is 4. The van der Waals surface area contributed by atoms with Crippen molar-refractivity contribution in [3.8, 4) is 0 Å². The van der Waals surface area contributed by atoms with E-state index in [-0.39, 0.29) is 24.2 Å². The van der Waals surface area contributed by atoms with E-state index in [1.165, 1.54) is 12.1 Å². The van der Waals surface area contributed by atoms with E-state index in [0.29, 0.717) is 0 Å². The smallest absolute Gasteiger partial charge is 0.162 e. The molecule has 0 aliphatic carbocycles. The van der Waals surface area contributed by atoms with Gasteiger partial charge in [-0.05, 0) is 39.2 Å². The molecular weight excluding hydrogens is 316 g/mol. The van der Waals surface area contributed by atoms with Gasteiger partial charge >= 0.3 is 0 Å². The summed E-state index contributed by atoms with van der Waals surface area (Å²) in [5.41, 5.74) is 0.809. The Bertz CT molecular complexity index is 616. The Labute approximate surface area is 117 Å². The molecule has 0 spiro atoms. The van der Waals surface area contributed by atoms with Gasteiger partial charge in [-0.25, -0.2) is 8.78 Å². The van der Waals surface area contributed by atoms with Gasteiger partial charge in [0.1, 0.15) is 5.78 Å². The third kappa shape index (κ3) is 3.67. The number of aromatic nitrogens is 1. The van der Waals surface area contributed by atoms with Crippen LogP contribution in [0.25, 0.3) is 0 Å². The fourth-order valence-corrected chi connectivity index (χ4v) is 2.15. The number of benzene rings is 1. The van der Waals surface area contributed by atoms with Crippen LogP contribution in [0.5, 0.6) is 0 Å². The molecule has 2 aromatic rings. The lowest BCUT2D eigenvalue weighted by molar-refractivity contribution is -0.117. The van der Waals surface area contributed by atoms with Crippen molar-refractivity contribution >= 4 is 21.7 Å². The Kier molecular flexibility index (Phi) is 4.37. The SMILES string of the molecule is O=C(Cc1cncc(Br)c1)Cc1cccc(F)c1F. The second kappa shape index (κ2) is 6.02. The predicted octanol–water partition coefficient (Wildman–Crippen LogP) is 3.48. The van der Waals surface area contributed by atoms with Gasteiger partial charge in [-0.2, -0.15) is 0 Å². The Hall–Kier alpha value is -1.62. The number of halogens is 3. The lowest BCUT2D eigenvalue weighted by atomic mass is 10.0. The number of hydrogen-bond donors (Lipinski definition) is 0. The Balaban J connectivity index is 2.08. The molecule has 0 N–H and O–H groups in total. The second-order valence-corrected chi connectivity index (χ2v) is 5.03. The Morgan fingerprint density at radius 2 is 2.00 bits per heavy atom. The van der Waals surface area contributed by atoms with Crippen molar-refractivity contribution in [1.82, 2.24) is 4.98 Å². The molecule has 2 rings (SSSR count). The quantitative estimate of drug-likeness (QED) is 0.861. The summed E-state index contributed by atoms with van der Waals surface area (Å²) in [6, 6.07) is 5.60. The Morgan fingerprint density at radius 1 is 1.21 bits per heavy atom. The van der Waals surface area contributed by atoms with Crippen molar-refractivity contribution < 1.29 is 13.6 Å². The molecule has 0 saturated heterocycles. The minimum atomic E-state index is -0.955. The molecule has 2 nitrogen and oxygen atoms in total. The highest BCUT2D eigenvalue weighted by molar-refractivity contribution is 9.10. The van der Waals surface area contributed by atoms with Gasteiger partial charge in [0.2, 0.25) is 0 Å². The topological polar surface area (TPSA) is 30.0 Å². The number of carbonyl (C=O) groups excluding carboxylic acids is 1. The van der Waals surface area contributed by atoms with Crippen molar-refractivity contribution in [2.45, 2.75) is 12.8 Å². The molecule has 1 aromatic heterocycles. The van der Waals surface area contributed by atoms with E-state index in [9.17, 15) is 13.6 Å². The van der Waals surface area contributed by atoms with Gasteiger partial charge in [-0.3, -0.25) is 9.78 Å². The van der Waals surface area contributed by atoms with Crippen LogP contribution in [0.3, 0.4) is 0 Å². The molecule has 0 amide bonds. The first-order chi connectivity index (χ1) is 9.06. The van der Waals surface area contributed by atoms with Crippen LogP contribution in [-0.2, 0) is 17.6 Å². The van der Waals surface area contributed by atoms with Gasteiger partial charge in [-0.15, -0.1) is 0 Å². The van der Waals surface area contributed by atoms with Crippen LogP contribution in [0.1, 0.15) is 11.1 Å². The number of carbonyl (C=O) groups is 1. The zero-order valence-corrected chi connectivity index (χ0v) is 11.5. The van der Waals surface area contributed by atoms with E-state index < -0.39 is 11.6 Å². The molecule has 0 unspecified atom stereocenters.